The highest BCUT2D eigenvalue weighted by Crippen LogP contribution is 2.27. The minimum atomic E-state index is -3.48. The Morgan fingerprint density at radius 2 is 1.81 bits per heavy atom. The van der Waals surface area contributed by atoms with Crippen LogP contribution >= 0.6 is 11.3 Å². The molecule has 5 nitrogen and oxygen atoms in total. The van der Waals surface area contributed by atoms with Gasteiger partial charge >= 0.3 is 0 Å². The number of benzene rings is 1. The van der Waals surface area contributed by atoms with E-state index in [0.717, 1.165) is 42.1 Å². The van der Waals surface area contributed by atoms with Gasteiger partial charge in [-0.05, 0) is 62.7 Å². The molecule has 2 aromatic rings. The van der Waals surface area contributed by atoms with Crippen molar-refractivity contribution in [2.45, 2.75) is 36.4 Å². The smallest absolute Gasteiger partial charge is 0.250 e. The number of hydrogen-bond donors (Lipinski definition) is 1. The van der Waals surface area contributed by atoms with Crippen LogP contribution in [-0.4, -0.2) is 40.1 Å². The third-order valence-corrected chi connectivity index (χ3v) is 7.70. The monoisotopic (exact) mass is 394 g/mol. The molecule has 142 valence electrons. The Labute approximate surface area is 160 Å². The van der Waals surface area contributed by atoms with E-state index in [1.165, 1.54) is 17.8 Å². The minimum absolute atomic E-state index is 0.0250. The lowest BCUT2D eigenvalue weighted by atomic mass is 10.0. The fourth-order valence-corrected chi connectivity index (χ4v) is 5.70. The standard InChI is InChI=1S/C19H26N2O3S2/c1-15-6-11-19(25-15)26(22,23)20-14-18(21-12-4-3-5-13-21)16-7-9-17(24-2)10-8-16/h6-11,18,20H,3-5,12-14H2,1-2H3. The molecule has 7 heteroatoms. The highest BCUT2D eigenvalue weighted by Gasteiger charge is 2.25. The summed E-state index contributed by atoms with van der Waals surface area (Å²) < 4.78 is 33.7. The lowest BCUT2D eigenvalue weighted by Crippen LogP contribution is -2.40. The molecule has 1 aromatic carbocycles. The average molecular weight is 395 g/mol. The summed E-state index contributed by atoms with van der Waals surface area (Å²) in [7, 11) is -1.83. The zero-order valence-electron chi connectivity index (χ0n) is 15.3. The number of ether oxygens (including phenoxy) is 1. The Kier molecular flexibility index (Phi) is 6.34. The number of rotatable bonds is 7. The third kappa shape index (κ3) is 4.65. The summed E-state index contributed by atoms with van der Waals surface area (Å²) >= 11 is 1.30. The van der Waals surface area contributed by atoms with Gasteiger partial charge < -0.3 is 4.74 Å². The zero-order valence-corrected chi connectivity index (χ0v) is 16.9. The molecule has 1 aliphatic heterocycles. The van der Waals surface area contributed by atoms with Crippen LogP contribution in [0, 0.1) is 6.92 Å². The topological polar surface area (TPSA) is 58.6 Å². The Morgan fingerprint density at radius 1 is 1.12 bits per heavy atom. The number of hydrogen-bond acceptors (Lipinski definition) is 5. The van der Waals surface area contributed by atoms with Gasteiger partial charge in [0.05, 0.1) is 7.11 Å². The number of piperidine rings is 1. The molecule has 1 saturated heterocycles. The van der Waals surface area contributed by atoms with Crippen LogP contribution in [0.4, 0.5) is 0 Å². The Balaban J connectivity index is 1.78. The largest absolute Gasteiger partial charge is 0.497 e. The maximum Gasteiger partial charge on any atom is 0.250 e. The molecule has 0 spiro atoms. The van der Waals surface area contributed by atoms with Gasteiger partial charge in [-0.25, -0.2) is 13.1 Å². The first-order chi connectivity index (χ1) is 12.5. The van der Waals surface area contributed by atoms with Crippen LogP contribution in [0.3, 0.4) is 0 Å². The second-order valence-electron chi connectivity index (χ2n) is 6.60. The van der Waals surface area contributed by atoms with Crippen LogP contribution in [0.5, 0.6) is 5.75 Å². The van der Waals surface area contributed by atoms with Crippen molar-refractivity contribution >= 4 is 21.4 Å². The highest BCUT2D eigenvalue weighted by molar-refractivity contribution is 7.91. The summed E-state index contributed by atoms with van der Waals surface area (Å²) in [5.74, 6) is 0.806. The molecule has 2 heterocycles. The SMILES string of the molecule is COc1ccc(C(CNS(=O)(=O)c2ccc(C)s2)N2CCCCC2)cc1. The van der Waals surface area contributed by atoms with Crippen LogP contribution in [0.15, 0.2) is 40.6 Å². The maximum atomic E-state index is 12.6. The Morgan fingerprint density at radius 3 is 2.38 bits per heavy atom. The number of aryl methyl sites for hydroxylation is 1. The minimum Gasteiger partial charge on any atom is -0.497 e. The van der Waals surface area contributed by atoms with Gasteiger partial charge in [-0.1, -0.05) is 18.6 Å². The normalized spacial score (nSPS) is 17.2. The van der Waals surface area contributed by atoms with E-state index in [9.17, 15) is 8.42 Å². The first kappa shape index (κ1) is 19.4. The van der Waals surface area contributed by atoms with Gasteiger partial charge in [0.15, 0.2) is 0 Å². The van der Waals surface area contributed by atoms with Gasteiger partial charge in [0.25, 0.3) is 0 Å². The summed E-state index contributed by atoms with van der Waals surface area (Å²) in [5.41, 5.74) is 1.11. The summed E-state index contributed by atoms with van der Waals surface area (Å²) in [6, 6.07) is 11.5. The summed E-state index contributed by atoms with van der Waals surface area (Å²) in [5, 5.41) is 0. The van der Waals surface area contributed by atoms with E-state index < -0.39 is 10.0 Å². The van der Waals surface area contributed by atoms with Crippen LogP contribution in [0.25, 0.3) is 0 Å². The second-order valence-corrected chi connectivity index (χ2v) is 9.88. The number of thiophene rings is 1. The lowest BCUT2D eigenvalue weighted by molar-refractivity contribution is 0.164. The molecule has 0 bridgehead atoms. The quantitative estimate of drug-likeness (QED) is 0.780. The second kappa shape index (κ2) is 8.52. The number of methoxy groups -OCH3 is 1. The molecule has 0 amide bonds. The van der Waals surface area contributed by atoms with Crippen molar-refractivity contribution in [1.29, 1.82) is 0 Å². The van der Waals surface area contributed by atoms with Crippen molar-refractivity contribution in [2.24, 2.45) is 0 Å². The molecule has 1 aliphatic rings. The molecule has 1 atom stereocenters. The molecule has 1 unspecified atom stereocenters. The van der Waals surface area contributed by atoms with E-state index in [1.54, 1.807) is 13.2 Å². The number of nitrogens with zero attached hydrogens (tertiary/aromatic N) is 1. The van der Waals surface area contributed by atoms with Crippen molar-refractivity contribution in [1.82, 2.24) is 9.62 Å². The molecule has 3 rings (SSSR count). The Bertz CT molecular complexity index is 810. The number of sulfonamides is 1. The predicted octanol–water partition coefficient (Wildman–Crippen LogP) is 3.57. The van der Waals surface area contributed by atoms with Gasteiger partial charge in [-0.2, -0.15) is 0 Å². The first-order valence-electron chi connectivity index (χ1n) is 8.94. The van der Waals surface area contributed by atoms with Crippen LogP contribution in [0.1, 0.15) is 35.7 Å². The first-order valence-corrected chi connectivity index (χ1v) is 11.2. The third-order valence-electron chi connectivity index (χ3n) is 4.78. The van der Waals surface area contributed by atoms with Crippen molar-refractivity contribution in [3.8, 4) is 5.75 Å². The fraction of sp³-hybridized carbons (Fsp3) is 0.474. The highest BCUT2D eigenvalue weighted by atomic mass is 32.2. The van der Waals surface area contributed by atoms with Gasteiger partial charge in [0.1, 0.15) is 9.96 Å². The molecule has 1 fully saturated rings. The van der Waals surface area contributed by atoms with Crippen molar-refractivity contribution in [3.05, 3.63) is 46.8 Å². The molecule has 1 aromatic heterocycles. The van der Waals surface area contributed by atoms with E-state index in [2.05, 4.69) is 9.62 Å². The molecule has 0 saturated carbocycles. The van der Waals surface area contributed by atoms with E-state index in [4.69, 9.17) is 4.74 Å². The summed E-state index contributed by atoms with van der Waals surface area (Å²) in [6.07, 6.45) is 3.55. The molecule has 0 radical (unpaired) electrons. The molecule has 1 N–H and O–H groups in total. The Hall–Kier alpha value is -1.41. The summed E-state index contributed by atoms with van der Waals surface area (Å²) in [4.78, 5) is 3.38. The van der Waals surface area contributed by atoms with Crippen molar-refractivity contribution in [3.63, 3.8) is 0 Å². The predicted molar refractivity (Wildman–Crippen MR) is 105 cm³/mol. The molecule has 0 aliphatic carbocycles. The van der Waals surface area contributed by atoms with E-state index >= 15 is 0 Å². The van der Waals surface area contributed by atoms with Crippen LogP contribution in [0.2, 0.25) is 0 Å². The van der Waals surface area contributed by atoms with E-state index in [0.29, 0.717) is 10.8 Å². The van der Waals surface area contributed by atoms with Crippen molar-refractivity contribution in [2.75, 3.05) is 26.7 Å². The van der Waals surface area contributed by atoms with Gasteiger partial charge in [0, 0.05) is 17.5 Å². The average Bonchev–Trinajstić information content (AvgIpc) is 3.11. The number of likely N-dealkylation sites (tertiary alicyclic amines) is 1. The zero-order chi connectivity index (χ0) is 18.6. The maximum absolute atomic E-state index is 12.6. The fourth-order valence-electron chi connectivity index (χ4n) is 3.33. The van der Waals surface area contributed by atoms with E-state index in [-0.39, 0.29) is 6.04 Å². The van der Waals surface area contributed by atoms with E-state index in [1.807, 2.05) is 37.3 Å². The van der Waals surface area contributed by atoms with Crippen LogP contribution in [-0.2, 0) is 10.0 Å². The molecular weight excluding hydrogens is 368 g/mol. The summed E-state index contributed by atoms with van der Waals surface area (Å²) in [6.45, 7) is 4.27. The molecule has 26 heavy (non-hydrogen) atoms. The van der Waals surface area contributed by atoms with Gasteiger partial charge in [-0.3, -0.25) is 4.90 Å². The van der Waals surface area contributed by atoms with Gasteiger partial charge in [0.2, 0.25) is 10.0 Å². The van der Waals surface area contributed by atoms with Crippen molar-refractivity contribution < 1.29 is 13.2 Å². The lowest BCUT2D eigenvalue weighted by Gasteiger charge is -2.35. The van der Waals surface area contributed by atoms with Gasteiger partial charge in [-0.15, -0.1) is 11.3 Å². The molecular formula is C19H26N2O3S2. The van der Waals surface area contributed by atoms with Crippen LogP contribution < -0.4 is 9.46 Å². The number of nitrogens with one attached hydrogen (secondary N) is 1.